The Hall–Kier alpha value is -2.64. The van der Waals surface area contributed by atoms with Crippen molar-refractivity contribution >= 4 is 62.8 Å². The van der Waals surface area contributed by atoms with Gasteiger partial charge in [0.2, 0.25) is 0 Å². The Labute approximate surface area is 200 Å². The van der Waals surface area contributed by atoms with Crippen LogP contribution >= 0.6 is 27.5 Å². The lowest BCUT2D eigenvalue weighted by atomic mass is 9.80. The van der Waals surface area contributed by atoms with E-state index in [1.807, 2.05) is 19.2 Å². The number of anilines is 2. The molecule has 0 saturated carbocycles. The van der Waals surface area contributed by atoms with E-state index in [-0.39, 0.29) is 17.0 Å². The first kappa shape index (κ1) is 22.6. The van der Waals surface area contributed by atoms with E-state index in [1.165, 1.54) is 6.08 Å². The summed E-state index contributed by atoms with van der Waals surface area (Å²) < 4.78 is 0.705. The van der Waals surface area contributed by atoms with Crippen LogP contribution in [-0.2, 0) is 9.59 Å². The number of fused-ring (bicyclic) bond motifs is 1. The van der Waals surface area contributed by atoms with Crippen molar-refractivity contribution in [3.8, 4) is 0 Å². The van der Waals surface area contributed by atoms with E-state index in [0.29, 0.717) is 20.7 Å². The fourth-order valence-electron chi connectivity index (χ4n) is 4.38. The van der Waals surface area contributed by atoms with E-state index in [1.54, 1.807) is 24.3 Å². The van der Waals surface area contributed by atoms with Gasteiger partial charge >= 0.3 is 6.03 Å². The van der Waals surface area contributed by atoms with Crippen LogP contribution in [0.25, 0.3) is 6.08 Å². The van der Waals surface area contributed by atoms with Crippen LogP contribution in [0, 0.1) is 0 Å². The smallest absolute Gasteiger partial charge is 0.335 e. The number of nitrogens with zero attached hydrogens (tertiary/aromatic N) is 2. The highest BCUT2D eigenvalue weighted by atomic mass is 79.9. The standard InChI is InChI=1S/C24H23BrClN3O3/c1-13-12-24(2,3)28(4)20-11-19(26)14(8-17(13)20)9-18-21(30)27-23(32)29(22(18)31)16-7-5-6-15(25)10-16/h5-11,13H,12H2,1-4H3,(H,27,30,32)/b18-9+. The maximum Gasteiger partial charge on any atom is 0.335 e. The highest BCUT2D eigenvalue weighted by Crippen LogP contribution is 2.44. The minimum atomic E-state index is -0.788. The lowest BCUT2D eigenvalue weighted by Gasteiger charge is -2.45. The van der Waals surface area contributed by atoms with E-state index in [2.05, 4.69) is 46.9 Å². The molecule has 1 N–H and O–H groups in total. The molecule has 1 saturated heterocycles. The van der Waals surface area contributed by atoms with E-state index in [9.17, 15) is 14.4 Å². The molecular weight excluding hydrogens is 494 g/mol. The number of hydrogen-bond donors (Lipinski definition) is 1. The molecular formula is C24H23BrClN3O3. The summed E-state index contributed by atoms with van der Waals surface area (Å²) in [6.07, 6.45) is 2.42. The molecule has 32 heavy (non-hydrogen) atoms. The van der Waals surface area contributed by atoms with Crippen LogP contribution in [0.2, 0.25) is 5.02 Å². The molecule has 1 unspecified atom stereocenters. The molecule has 166 valence electrons. The minimum Gasteiger partial charge on any atom is -0.369 e. The van der Waals surface area contributed by atoms with Gasteiger partial charge < -0.3 is 4.90 Å². The first-order chi connectivity index (χ1) is 15.0. The number of carbonyl (C=O) groups excluding carboxylic acids is 3. The number of urea groups is 1. The second-order valence-corrected chi connectivity index (χ2v) is 10.2. The molecule has 0 bridgehead atoms. The third-order valence-electron chi connectivity index (χ3n) is 6.22. The summed E-state index contributed by atoms with van der Waals surface area (Å²) in [6.45, 7) is 6.54. The van der Waals surface area contributed by atoms with Gasteiger partial charge in [-0.15, -0.1) is 0 Å². The molecule has 2 aliphatic rings. The molecule has 1 atom stereocenters. The van der Waals surface area contributed by atoms with Crippen molar-refractivity contribution in [1.82, 2.24) is 5.32 Å². The number of nitrogens with one attached hydrogen (secondary N) is 1. The Bertz CT molecular complexity index is 1190. The molecule has 6 nitrogen and oxygen atoms in total. The van der Waals surface area contributed by atoms with Gasteiger partial charge in [-0.25, -0.2) is 9.69 Å². The van der Waals surface area contributed by atoms with Crippen molar-refractivity contribution in [1.29, 1.82) is 0 Å². The number of amides is 4. The summed E-state index contributed by atoms with van der Waals surface area (Å²) in [5, 5.41) is 2.68. The van der Waals surface area contributed by atoms with Crippen LogP contribution in [0.5, 0.6) is 0 Å². The zero-order valence-electron chi connectivity index (χ0n) is 18.2. The maximum absolute atomic E-state index is 13.2. The predicted octanol–water partition coefficient (Wildman–Crippen LogP) is 5.49. The Kier molecular flexibility index (Phi) is 5.67. The highest BCUT2D eigenvalue weighted by molar-refractivity contribution is 9.10. The van der Waals surface area contributed by atoms with E-state index in [0.717, 1.165) is 22.6 Å². The molecule has 0 aromatic heterocycles. The monoisotopic (exact) mass is 515 g/mol. The van der Waals surface area contributed by atoms with Crippen molar-refractivity contribution in [2.75, 3.05) is 16.8 Å². The Morgan fingerprint density at radius 2 is 1.91 bits per heavy atom. The average Bonchev–Trinajstić information content (AvgIpc) is 2.69. The van der Waals surface area contributed by atoms with Crippen LogP contribution in [0.1, 0.15) is 44.2 Å². The third-order valence-corrected chi connectivity index (χ3v) is 7.04. The van der Waals surface area contributed by atoms with Gasteiger partial charge in [-0.1, -0.05) is 40.5 Å². The average molecular weight is 517 g/mol. The third kappa shape index (κ3) is 3.84. The number of carbonyl (C=O) groups is 3. The van der Waals surface area contributed by atoms with Crippen molar-refractivity contribution in [3.05, 3.63) is 62.6 Å². The second-order valence-electron chi connectivity index (χ2n) is 8.85. The molecule has 0 aliphatic carbocycles. The van der Waals surface area contributed by atoms with Crippen LogP contribution in [0.4, 0.5) is 16.2 Å². The summed E-state index contributed by atoms with van der Waals surface area (Å²) in [6, 6.07) is 9.77. The lowest BCUT2D eigenvalue weighted by molar-refractivity contribution is -0.122. The molecule has 0 spiro atoms. The fraction of sp³-hybridized carbons (Fsp3) is 0.292. The summed E-state index contributed by atoms with van der Waals surface area (Å²) in [5.41, 5.74) is 2.89. The fourth-order valence-corrected chi connectivity index (χ4v) is 4.98. The highest BCUT2D eigenvalue weighted by Gasteiger charge is 2.38. The molecule has 8 heteroatoms. The number of halogens is 2. The topological polar surface area (TPSA) is 69.7 Å². The van der Waals surface area contributed by atoms with Gasteiger partial charge in [0.05, 0.1) is 5.69 Å². The minimum absolute atomic E-state index is 0.0141. The van der Waals surface area contributed by atoms with Gasteiger partial charge in [-0.05, 0) is 73.7 Å². The zero-order chi connectivity index (χ0) is 23.4. The second kappa shape index (κ2) is 8.05. The van der Waals surface area contributed by atoms with Crippen LogP contribution in [-0.4, -0.2) is 30.4 Å². The summed E-state index contributed by atoms with van der Waals surface area (Å²) in [7, 11) is 2.04. The summed E-state index contributed by atoms with van der Waals surface area (Å²) in [5.74, 6) is -1.16. The Morgan fingerprint density at radius 3 is 2.59 bits per heavy atom. The number of rotatable bonds is 2. The first-order valence-corrected chi connectivity index (χ1v) is 11.4. The quantitative estimate of drug-likeness (QED) is 0.423. The van der Waals surface area contributed by atoms with Crippen LogP contribution < -0.4 is 15.1 Å². The van der Waals surface area contributed by atoms with Crippen molar-refractivity contribution in [3.63, 3.8) is 0 Å². The first-order valence-electron chi connectivity index (χ1n) is 10.2. The van der Waals surface area contributed by atoms with E-state index < -0.39 is 17.8 Å². The Balaban J connectivity index is 1.78. The molecule has 4 rings (SSSR count). The summed E-state index contributed by atoms with van der Waals surface area (Å²) >= 11 is 9.92. The van der Waals surface area contributed by atoms with Crippen molar-refractivity contribution < 1.29 is 14.4 Å². The largest absolute Gasteiger partial charge is 0.369 e. The van der Waals surface area contributed by atoms with Gasteiger partial charge in [0, 0.05) is 27.8 Å². The van der Waals surface area contributed by atoms with Gasteiger partial charge in [-0.2, -0.15) is 0 Å². The zero-order valence-corrected chi connectivity index (χ0v) is 20.5. The number of benzene rings is 2. The van der Waals surface area contributed by atoms with Crippen LogP contribution in [0.3, 0.4) is 0 Å². The molecule has 2 aliphatic heterocycles. The molecule has 0 radical (unpaired) electrons. The van der Waals surface area contributed by atoms with Crippen molar-refractivity contribution in [2.24, 2.45) is 0 Å². The molecule has 2 aromatic rings. The van der Waals surface area contributed by atoms with Crippen molar-refractivity contribution in [2.45, 2.75) is 38.6 Å². The van der Waals surface area contributed by atoms with Crippen LogP contribution in [0.15, 0.2) is 46.4 Å². The number of hydrogen-bond acceptors (Lipinski definition) is 4. The van der Waals surface area contributed by atoms with Gasteiger partial charge in [0.25, 0.3) is 11.8 Å². The summed E-state index contributed by atoms with van der Waals surface area (Å²) in [4.78, 5) is 41.3. The van der Waals surface area contributed by atoms with Gasteiger partial charge in [0.1, 0.15) is 5.57 Å². The van der Waals surface area contributed by atoms with E-state index in [4.69, 9.17) is 11.6 Å². The predicted molar refractivity (Wildman–Crippen MR) is 130 cm³/mol. The maximum atomic E-state index is 13.2. The lowest BCUT2D eigenvalue weighted by Crippen LogP contribution is -2.54. The Morgan fingerprint density at radius 1 is 1.19 bits per heavy atom. The number of barbiturate groups is 1. The molecule has 2 heterocycles. The molecule has 4 amide bonds. The molecule has 1 fully saturated rings. The molecule has 2 aromatic carbocycles. The van der Waals surface area contributed by atoms with E-state index >= 15 is 0 Å². The van der Waals surface area contributed by atoms with Gasteiger partial charge in [0.15, 0.2) is 0 Å². The van der Waals surface area contributed by atoms with Gasteiger partial charge in [-0.3, -0.25) is 14.9 Å². The SMILES string of the molecule is CC1CC(C)(C)N(C)c2cc(Cl)c(/C=C3\C(=O)NC(=O)N(c4cccc(Br)c4)C3=O)cc21. The number of imide groups is 2. The normalized spacial score (nSPS) is 21.6.